The van der Waals surface area contributed by atoms with Gasteiger partial charge in [-0.15, -0.1) is 11.3 Å². The average Bonchev–Trinajstić information content (AvgIpc) is 2.98. The van der Waals surface area contributed by atoms with Crippen LogP contribution in [0.3, 0.4) is 0 Å². The molecule has 0 spiro atoms. The third-order valence-corrected chi connectivity index (χ3v) is 4.90. The number of carbonyl (C=O) groups is 1. The van der Waals surface area contributed by atoms with E-state index < -0.39 is 0 Å². The maximum Gasteiger partial charge on any atom is 0.272 e. The fraction of sp³-hybridized carbons (Fsp3) is 0.0588. The zero-order valence-electron chi connectivity index (χ0n) is 12.1. The molecule has 0 unspecified atom stereocenters. The number of amides is 1. The molecule has 0 saturated carbocycles. The van der Waals surface area contributed by atoms with E-state index in [4.69, 9.17) is 23.2 Å². The van der Waals surface area contributed by atoms with Crippen LogP contribution in [0.4, 0.5) is 0 Å². The molecule has 23 heavy (non-hydrogen) atoms. The molecule has 6 heteroatoms. The maximum atomic E-state index is 12.3. The van der Waals surface area contributed by atoms with E-state index in [-0.39, 0.29) is 5.91 Å². The van der Waals surface area contributed by atoms with Crippen molar-refractivity contribution in [3.8, 4) is 0 Å². The second-order valence-corrected chi connectivity index (χ2v) is 6.66. The number of carbonyl (C=O) groups excluding carboxylic acids is 1. The standard InChI is InChI=1S/C17H12Cl2N2OS/c1-10(13-8-11(18)6-7-15(13)19)20-21-17(22)14-9-23-16-5-3-2-4-12(14)16/h2-9H,1H3,(H,21,22). The number of rotatable bonds is 3. The van der Waals surface area contributed by atoms with Crippen LogP contribution in [0.5, 0.6) is 0 Å². The summed E-state index contributed by atoms with van der Waals surface area (Å²) in [7, 11) is 0. The van der Waals surface area contributed by atoms with Crippen LogP contribution in [0.25, 0.3) is 10.1 Å². The molecule has 116 valence electrons. The van der Waals surface area contributed by atoms with E-state index >= 15 is 0 Å². The van der Waals surface area contributed by atoms with Gasteiger partial charge in [0.25, 0.3) is 5.91 Å². The lowest BCUT2D eigenvalue weighted by Gasteiger charge is -2.05. The van der Waals surface area contributed by atoms with Crippen molar-refractivity contribution in [2.45, 2.75) is 6.92 Å². The SMILES string of the molecule is CC(=NNC(=O)c1csc2ccccc12)c1cc(Cl)ccc1Cl. The molecule has 0 aliphatic rings. The normalized spacial score (nSPS) is 11.7. The molecule has 1 aromatic heterocycles. The molecule has 0 saturated heterocycles. The predicted octanol–water partition coefficient (Wildman–Crippen LogP) is 5.36. The van der Waals surface area contributed by atoms with Crippen LogP contribution in [-0.2, 0) is 0 Å². The van der Waals surface area contributed by atoms with Crippen molar-refractivity contribution in [3.05, 3.63) is 69.0 Å². The average molecular weight is 363 g/mol. The number of thiophene rings is 1. The second-order valence-electron chi connectivity index (χ2n) is 4.91. The molecular weight excluding hydrogens is 351 g/mol. The summed E-state index contributed by atoms with van der Waals surface area (Å²) in [4.78, 5) is 12.3. The van der Waals surface area contributed by atoms with Crippen LogP contribution in [-0.4, -0.2) is 11.6 Å². The highest BCUT2D eigenvalue weighted by molar-refractivity contribution is 7.17. The maximum absolute atomic E-state index is 12.3. The summed E-state index contributed by atoms with van der Waals surface area (Å²) < 4.78 is 1.07. The quantitative estimate of drug-likeness (QED) is 0.494. The van der Waals surface area contributed by atoms with Crippen molar-refractivity contribution < 1.29 is 4.79 Å². The van der Waals surface area contributed by atoms with Crippen molar-refractivity contribution in [3.63, 3.8) is 0 Å². The van der Waals surface area contributed by atoms with Crippen LogP contribution in [0.1, 0.15) is 22.8 Å². The first-order chi connectivity index (χ1) is 11.1. The largest absolute Gasteiger partial charge is 0.272 e. The Balaban J connectivity index is 1.84. The summed E-state index contributed by atoms with van der Waals surface area (Å²) >= 11 is 13.6. The van der Waals surface area contributed by atoms with Gasteiger partial charge >= 0.3 is 0 Å². The van der Waals surface area contributed by atoms with Crippen molar-refractivity contribution in [1.82, 2.24) is 5.43 Å². The lowest BCUT2D eigenvalue weighted by molar-refractivity contribution is 0.0957. The third kappa shape index (κ3) is 3.39. The van der Waals surface area contributed by atoms with Gasteiger partial charge in [-0.25, -0.2) is 5.43 Å². The fourth-order valence-electron chi connectivity index (χ4n) is 2.18. The van der Waals surface area contributed by atoms with E-state index in [1.54, 1.807) is 25.1 Å². The van der Waals surface area contributed by atoms with Crippen LogP contribution >= 0.6 is 34.5 Å². The Morgan fingerprint density at radius 3 is 2.74 bits per heavy atom. The second kappa shape index (κ2) is 6.71. The van der Waals surface area contributed by atoms with Gasteiger partial charge in [-0.1, -0.05) is 41.4 Å². The van der Waals surface area contributed by atoms with Crippen molar-refractivity contribution >= 4 is 56.2 Å². The number of benzene rings is 2. The molecule has 1 amide bonds. The molecule has 0 radical (unpaired) electrons. The van der Waals surface area contributed by atoms with Crippen LogP contribution in [0.15, 0.2) is 52.9 Å². The molecular formula is C17H12Cl2N2OS. The van der Waals surface area contributed by atoms with E-state index in [1.165, 1.54) is 11.3 Å². The number of hydrogen-bond donors (Lipinski definition) is 1. The summed E-state index contributed by atoms with van der Waals surface area (Å²) in [6.45, 7) is 1.77. The fourth-order valence-corrected chi connectivity index (χ4v) is 3.55. The van der Waals surface area contributed by atoms with Gasteiger partial charge in [0.15, 0.2) is 0 Å². The molecule has 3 aromatic rings. The molecule has 3 rings (SSSR count). The van der Waals surface area contributed by atoms with Gasteiger partial charge in [0, 0.05) is 31.1 Å². The number of hydrogen-bond acceptors (Lipinski definition) is 3. The van der Waals surface area contributed by atoms with E-state index in [1.807, 2.05) is 29.6 Å². The van der Waals surface area contributed by atoms with Crippen molar-refractivity contribution in [1.29, 1.82) is 0 Å². The van der Waals surface area contributed by atoms with Crippen molar-refractivity contribution in [2.24, 2.45) is 5.10 Å². The highest BCUT2D eigenvalue weighted by Crippen LogP contribution is 2.25. The first-order valence-corrected chi connectivity index (χ1v) is 8.46. The van der Waals surface area contributed by atoms with Gasteiger partial charge in [-0.2, -0.15) is 5.10 Å². The highest BCUT2D eigenvalue weighted by atomic mass is 35.5. The zero-order valence-corrected chi connectivity index (χ0v) is 14.5. The van der Waals surface area contributed by atoms with Crippen LogP contribution in [0, 0.1) is 0 Å². The number of fused-ring (bicyclic) bond motifs is 1. The smallest absolute Gasteiger partial charge is 0.267 e. The topological polar surface area (TPSA) is 41.5 Å². The minimum absolute atomic E-state index is 0.250. The first kappa shape index (κ1) is 16.0. The molecule has 1 heterocycles. The summed E-state index contributed by atoms with van der Waals surface area (Å²) in [6, 6.07) is 12.9. The van der Waals surface area contributed by atoms with Gasteiger partial charge in [-0.05, 0) is 31.2 Å². The lowest BCUT2D eigenvalue weighted by Crippen LogP contribution is -2.19. The van der Waals surface area contributed by atoms with Gasteiger partial charge in [0.2, 0.25) is 0 Å². The molecule has 0 fully saturated rings. The number of hydrazone groups is 1. The molecule has 0 aliphatic heterocycles. The van der Waals surface area contributed by atoms with Gasteiger partial charge in [0.1, 0.15) is 0 Å². The predicted molar refractivity (Wildman–Crippen MR) is 98.0 cm³/mol. The van der Waals surface area contributed by atoms with Crippen LogP contribution in [0.2, 0.25) is 10.0 Å². The lowest BCUT2D eigenvalue weighted by atomic mass is 10.1. The number of nitrogens with zero attached hydrogens (tertiary/aromatic N) is 1. The summed E-state index contributed by atoms with van der Waals surface area (Å²) in [6.07, 6.45) is 0. The molecule has 0 atom stereocenters. The Morgan fingerprint density at radius 1 is 1.13 bits per heavy atom. The highest BCUT2D eigenvalue weighted by Gasteiger charge is 2.12. The van der Waals surface area contributed by atoms with Gasteiger partial charge in [0.05, 0.1) is 11.3 Å². The molecule has 3 nitrogen and oxygen atoms in total. The third-order valence-electron chi connectivity index (χ3n) is 3.37. The van der Waals surface area contributed by atoms with Gasteiger partial charge < -0.3 is 0 Å². The molecule has 1 N–H and O–H groups in total. The molecule has 2 aromatic carbocycles. The minimum Gasteiger partial charge on any atom is -0.267 e. The van der Waals surface area contributed by atoms with Crippen molar-refractivity contribution in [2.75, 3.05) is 0 Å². The molecule has 0 aliphatic carbocycles. The van der Waals surface area contributed by atoms with E-state index in [0.717, 1.165) is 10.1 Å². The summed E-state index contributed by atoms with van der Waals surface area (Å²) in [5, 5.41) is 7.99. The zero-order chi connectivity index (χ0) is 16.4. The van der Waals surface area contributed by atoms with Crippen LogP contribution < -0.4 is 5.43 Å². The Morgan fingerprint density at radius 2 is 1.91 bits per heavy atom. The molecule has 0 bridgehead atoms. The first-order valence-electron chi connectivity index (χ1n) is 6.82. The number of nitrogens with one attached hydrogen (secondary N) is 1. The Labute approximate surface area is 147 Å². The monoisotopic (exact) mass is 362 g/mol. The Bertz CT molecular complexity index is 918. The number of halogens is 2. The minimum atomic E-state index is -0.250. The van der Waals surface area contributed by atoms with E-state index in [2.05, 4.69) is 10.5 Å². The Hall–Kier alpha value is -1.88. The Kier molecular flexibility index (Phi) is 4.66. The van der Waals surface area contributed by atoms with Gasteiger partial charge in [-0.3, -0.25) is 4.79 Å². The summed E-state index contributed by atoms with van der Waals surface area (Å²) in [5.41, 5.74) is 4.46. The summed E-state index contributed by atoms with van der Waals surface area (Å²) in [5.74, 6) is -0.250. The van der Waals surface area contributed by atoms with E-state index in [9.17, 15) is 4.79 Å². The van der Waals surface area contributed by atoms with E-state index in [0.29, 0.717) is 26.9 Å².